The SMILES string of the molecule is O=C(Cl)OSOC(=O)c1ccccc1. The number of hydrogen-bond donors (Lipinski definition) is 0. The van der Waals surface area contributed by atoms with Crippen molar-refractivity contribution in [1.82, 2.24) is 0 Å². The zero-order valence-electron chi connectivity index (χ0n) is 6.81. The number of rotatable bonds is 3. The summed E-state index contributed by atoms with van der Waals surface area (Å²) in [6.07, 6.45) is 0. The molecule has 0 aliphatic heterocycles. The van der Waals surface area contributed by atoms with E-state index in [0.29, 0.717) is 5.56 Å². The van der Waals surface area contributed by atoms with Gasteiger partial charge in [0, 0.05) is 11.6 Å². The summed E-state index contributed by atoms with van der Waals surface area (Å²) in [5.74, 6) is -0.603. The van der Waals surface area contributed by atoms with Crippen molar-refractivity contribution >= 4 is 35.3 Å². The molecule has 0 amide bonds. The predicted octanol–water partition coefficient (Wildman–Crippen LogP) is 2.78. The molecular formula is C8H5ClO4S. The van der Waals surface area contributed by atoms with Crippen LogP contribution in [0, 0.1) is 0 Å². The van der Waals surface area contributed by atoms with Crippen LogP contribution in [0.5, 0.6) is 0 Å². The second-order valence-corrected chi connectivity index (χ2v) is 2.90. The molecule has 0 aliphatic carbocycles. The van der Waals surface area contributed by atoms with Gasteiger partial charge in [-0.2, -0.15) is 0 Å². The van der Waals surface area contributed by atoms with Crippen molar-refractivity contribution in [2.75, 3.05) is 0 Å². The molecule has 0 aliphatic rings. The Labute approximate surface area is 89.6 Å². The monoisotopic (exact) mass is 232 g/mol. The fourth-order valence-electron chi connectivity index (χ4n) is 0.697. The summed E-state index contributed by atoms with van der Waals surface area (Å²) >= 11 is 5.07. The minimum absolute atomic E-state index is 0.233. The summed E-state index contributed by atoms with van der Waals surface area (Å²) in [5, 5.41) is 0. The number of halogens is 1. The molecule has 14 heavy (non-hydrogen) atoms. The van der Waals surface area contributed by atoms with Gasteiger partial charge in [0.05, 0.1) is 5.56 Å². The van der Waals surface area contributed by atoms with Crippen LogP contribution in [-0.2, 0) is 8.37 Å². The highest BCUT2D eigenvalue weighted by Gasteiger charge is 2.08. The van der Waals surface area contributed by atoms with Crippen LogP contribution in [0.15, 0.2) is 30.3 Å². The molecule has 1 aromatic carbocycles. The van der Waals surface area contributed by atoms with Gasteiger partial charge in [-0.1, -0.05) is 18.2 Å². The third kappa shape index (κ3) is 3.68. The van der Waals surface area contributed by atoms with Crippen LogP contribution in [-0.4, -0.2) is 11.4 Å². The number of carbonyl (C=O) groups excluding carboxylic acids is 2. The Morgan fingerprint density at radius 1 is 1.14 bits per heavy atom. The van der Waals surface area contributed by atoms with Gasteiger partial charge in [-0.05, 0) is 12.1 Å². The van der Waals surface area contributed by atoms with Crippen molar-refractivity contribution in [3.05, 3.63) is 35.9 Å². The smallest absolute Gasteiger partial charge is 0.350 e. The lowest BCUT2D eigenvalue weighted by Gasteiger charge is -1.99. The summed E-state index contributed by atoms with van der Waals surface area (Å²) < 4.78 is 8.62. The van der Waals surface area contributed by atoms with Gasteiger partial charge in [0.25, 0.3) is 12.3 Å². The Bertz CT molecular complexity index is 327. The standard InChI is InChI=1S/C8H5ClO4S/c9-8(11)13-14-12-7(10)6-4-2-1-3-5-6/h1-5H. The van der Waals surface area contributed by atoms with Gasteiger partial charge in [0.15, 0.2) is 0 Å². The van der Waals surface area contributed by atoms with E-state index in [0.717, 1.165) is 0 Å². The molecule has 1 aromatic rings. The van der Waals surface area contributed by atoms with Gasteiger partial charge < -0.3 is 8.37 Å². The number of hydrogen-bond acceptors (Lipinski definition) is 5. The average Bonchev–Trinajstić information content (AvgIpc) is 2.18. The van der Waals surface area contributed by atoms with E-state index < -0.39 is 11.4 Å². The van der Waals surface area contributed by atoms with Crippen molar-refractivity contribution < 1.29 is 18.0 Å². The van der Waals surface area contributed by atoms with Crippen LogP contribution in [0.4, 0.5) is 4.79 Å². The molecule has 4 nitrogen and oxygen atoms in total. The minimum atomic E-state index is -1.05. The molecule has 0 fully saturated rings. The maximum Gasteiger partial charge on any atom is 0.418 e. The Balaban J connectivity index is 2.40. The maximum atomic E-state index is 11.1. The van der Waals surface area contributed by atoms with Crippen molar-refractivity contribution in [2.45, 2.75) is 0 Å². The van der Waals surface area contributed by atoms with E-state index in [1.54, 1.807) is 30.3 Å². The lowest BCUT2D eigenvalue weighted by molar-refractivity contribution is 0.0757. The summed E-state index contributed by atoms with van der Waals surface area (Å²) in [7, 11) is 0. The summed E-state index contributed by atoms with van der Waals surface area (Å²) in [6.45, 7) is 0. The fourth-order valence-corrected chi connectivity index (χ4v) is 1.02. The second-order valence-electron chi connectivity index (χ2n) is 2.13. The average molecular weight is 233 g/mol. The first kappa shape index (κ1) is 10.9. The highest BCUT2D eigenvalue weighted by atomic mass is 35.5. The molecule has 0 spiro atoms. The van der Waals surface area contributed by atoms with Gasteiger partial charge in [-0.3, -0.25) is 0 Å². The molecule has 0 N–H and O–H groups in total. The van der Waals surface area contributed by atoms with Crippen molar-refractivity contribution in [3.8, 4) is 0 Å². The summed E-state index contributed by atoms with van der Waals surface area (Å²) in [4.78, 5) is 21.2. The van der Waals surface area contributed by atoms with Crippen molar-refractivity contribution in [1.29, 1.82) is 0 Å². The first-order chi connectivity index (χ1) is 6.70. The Hall–Kier alpha value is -1.20. The van der Waals surface area contributed by atoms with E-state index in [4.69, 9.17) is 11.6 Å². The Kier molecular flexibility index (Phi) is 4.28. The largest absolute Gasteiger partial charge is 0.418 e. The molecule has 0 aromatic heterocycles. The van der Waals surface area contributed by atoms with Crippen LogP contribution in [0.1, 0.15) is 10.4 Å². The van der Waals surface area contributed by atoms with Gasteiger partial charge in [0.1, 0.15) is 0 Å². The maximum absolute atomic E-state index is 11.1. The quantitative estimate of drug-likeness (QED) is 0.593. The van der Waals surface area contributed by atoms with Crippen molar-refractivity contribution in [2.24, 2.45) is 0 Å². The third-order valence-corrected chi connectivity index (χ3v) is 1.83. The molecule has 74 valence electrons. The molecule has 0 atom stereocenters. The molecule has 0 unspecified atom stereocenters. The zero-order chi connectivity index (χ0) is 10.4. The number of carbonyl (C=O) groups is 2. The molecular weight excluding hydrogens is 228 g/mol. The molecule has 0 heterocycles. The number of benzene rings is 1. The van der Waals surface area contributed by atoms with Gasteiger partial charge in [-0.15, -0.1) is 0 Å². The zero-order valence-corrected chi connectivity index (χ0v) is 8.38. The molecule has 1 rings (SSSR count). The van der Waals surface area contributed by atoms with Crippen molar-refractivity contribution in [3.63, 3.8) is 0 Å². The lowest BCUT2D eigenvalue weighted by Crippen LogP contribution is -2.00. The first-order valence-corrected chi connectivity index (χ1v) is 4.54. The summed E-state index contributed by atoms with van der Waals surface area (Å²) in [5.41, 5.74) is -0.679. The molecule has 0 radical (unpaired) electrons. The van der Waals surface area contributed by atoms with Gasteiger partial charge in [-0.25, -0.2) is 9.59 Å². The topological polar surface area (TPSA) is 52.6 Å². The van der Waals surface area contributed by atoms with E-state index in [-0.39, 0.29) is 12.3 Å². The normalized spacial score (nSPS) is 9.21. The molecule has 0 saturated carbocycles. The highest BCUT2D eigenvalue weighted by Crippen LogP contribution is 2.11. The van der Waals surface area contributed by atoms with Crippen LogP contribution in [0.25, 0.3) is 0 Å². The van der Waals surface area contributed by atoms with Crippen LogP contribution < -0.4 is 0 Å². The lowest BCUT2D eigenvalue weighted by atomic mass is 10.2. The van der Waals surface area contributed by atoms with Crippen LogP contribution in [0.2, 0.25) is 0 Å². The molecule has 0 bridgehead atoms. The summed E-state index contributed by atoms with van der Waals surface area (Å²) in [6, 6.07) is 8.29. The minimum Gasteiger partial charge on any atom is -0.350 e. The van der Waals surface area contributed by atoms with E-state index >= 15 is 0 Å². The first-order valence-electron chi connectivity index (χ1n) is 3.50. The van der Waals surface area contributed by atoms with Gasteiger partial charge in [0.2, 0.25) is 0 Å². The van der Waals surface area contributed by atoms with Gasteiger partial charge >= 0.3 is 11.4 Å². The van der Waals surface area contributed by atoms with E-state index in [2.05, 4.69) is 8.37 Å². The fraction of sp³-hybridized carbons (Fsp3) is 0. The highest BCUT2D eigenvalue weighted by molar-refractivity contribution is 7.90. The van der Waals surface area contributed by atoms with E-state index in [1.165, 1.54) is 0 Å². The predicted molar refractivity (Wildman–Crippen MR) is 51.8 cm³/mol. The van der Waals surface area contributed by atoms with Crippen LogP contribution in [0.3, 0.4) is 0 Å². The molecule has 0 saturated heterocycles. The molecule has 6 heteroatoms. The van der Waals surface area contributed by atoms with E-state index in [9.17, 15) is 9.59 Å². The van der Waals surface area contributed by atoms with Crippen LogP contribution >= 0.6 is 23.9 Å². The third-order valence-electron chi connectivity index (χ3n) is 1.22. The Morgan fingerprint density at radius 2 is 1.79 bits per heavy atom. The second kappa shape index (κ2) is 5.51. The van der Waals surface area contributed by atoms with E-state index in [1.807, 2.05) is 0 Å². The Morgan fingerprint density at radius 3 is 2.36 bits per heavy atom.